The normalized spacial score (nSPS) is 12.3. The Morgan fingerprint density at radius 1 is 1.29 bits per heavy atom. The van der Waals surface area contributed by atoms with E-state index in [4.69, 9.17) is 4.42 Å². The van der Waals surface area contributed by atoms with Gasteiger partial charge in [0.25, 0.3) is 0 Å². The summed E-state index contributed by atoms with van der Waals surface area (Å²) in [7, 11) is 0. The lowest BCUT2D eigenvalue weighted by atomic mass is 9.97. The zero-order valence-electron chi connectivity index (χ0n) is 8.66. The molecular formula is C12H14O2. The van der Waals surface area contributed by atoms with E-state index in [1.54, 1.807) is 20.1 Å². The van der Waals surface area contributed by atoms with Crippen LogP contribution in [0.25, 0.3) is 11.0 Å². The number of aliphatic hydroxyl groups is 1. The third kappa shape index (κ3) is 1.42. The Morgan fingerprint density at radius 2 is 2.00 bits per heavy atom. The second-order valence-electron chi connectivity index (χ2n) is 4.21. The van der Waals surface area contributed by atoms with Gasteiger partial charge in [0.15, 0.2) is 0 Å². The molecule has 0 aliphatic rings. The van der Waals surface area contributed by atoms with Crippen LogP contribution in [0.2, 0.25) is 0 Å². The maximum absolute atomic E-state index is 9.89. The Bertz CT molecular complexity index is 461. The Balaban J connectivity index is 2.70. The van der Waals surface area contributed by atoms with Crippen molar-refractivity contribution in [1.29, 1.82) is 0 Å². The molecule has 0 fully saturated rings. The molecule has 0 bridgehead atoms. The highest BCUT2D eigenvalue weighted by molar-refractivity contribution is 5.82. The molecule has 0 aliphatic carbocycles. The molecule has 2 nitrogen and oxygen atoms in total. The van der Waals surface area contributed by atoms with Gasteiger partial charge < -0.3 is 9.52 Å². The second kappa shape index (κ2) is 2.85. The Hall–Kier alpha value is -1.28. The van der Waals surface area contributed by atoms with Crippen LogP contribution in [0.3, 0.4) is 0 Å². The van der Waals surface area contributed by atoms with E-state index in [0.29, 0.717) is 0 Å². The van der Waals surface area contributed by atoms with Gasteiger partial charge in [-0.05, 0) is 32.4 Å². The molecule has 0 unspecified atom stereocenters. The van der Waals surface area contributed by atoms with Gasteiger partial charge in [0.2, 0.25) is 0 Å². The summed E-state index contributed by atoms with van der Waals surface area (Å²) >= 11 is 0. The van der Waals surface area contributed by atoms with Crippen LogP contribution in [0.15, 0.2) is 28.9 Å². The fourth-order valence-electron chi connectivity index (χ4n) is 1.61. The predicted molar refractivity (Wildman–Crippen MR) is 56.2 cm³/mol. The molecule has 0 spiro atoms. The summed E-state index contributed by atoms with van der Waals surface area (Å²) in [6.07, 6.45) is 1.63. The first-order chi connectivity index (χ1) is 6.48. The molecule has 0 saturated heterocycles. The fourth-order valence-corrected chi connectivity index (χ4v) is 1.61. The van der Waals surface area contributed by atoms with E-state index in [9.17, 15) is 5.11 Å². The molecule has 0 aliphatic heterocycles. The highest BCUT2D eigenvalue weighted by atomic mass is 16.3. The molecule has 2 aromatic rings. The quantitative estimate of drug-likeness (QED) is 0.750. The first kappa shape index (κ1) is 9.28. The van der Waals surface area contributed by atoms with Crippen LogP contribution < -0.4 is 0 Å². The van der Waals surface area contributed by atoms with Crippen LogP contribution in [-0.4, -0.2) is 5.11 Å². The van der Waals surface area contributed by atoms with Gasteiger partial charge in [0.05, 0.1) is 11.9 Å². The molecule has 14 heavy (non-hydrogen) atoms. The molecule has 1 aromatic carbocycles. The maximum atomic E-state index is 9.89. The van der Waals surface area contributed by atoms with Crippen molar-refractivity contribution in [3.05, 3.63) is 35.6 Å². The van der Waals surface area contributed by atoms with Gasteiger partial charge in [-0.1, -0.05) is 12.1 Å². The van der Waals surface area contributed by atoms with E-state index in [-0.39, 0.29) is 0 Å². The van der Waals surface area contributed by atoms with Crippen molar-refractivity contribution in [3.8, 4) is 0 Å². The van der Waals surface area contributed by atoms with Crippen molar-refractivity contribution in [1.82, 2.24) is 0 Å². The molecular weight excluding hydrogens is 176 g/mol. The molecule has 1 heterocycles. The lowest BCUT2D eigenvalue weighted by molar-refractivity contribution is 0.0792. The van der Waals surface area contributed by atoms with Crippen LogP contribution in [0.4, 0.5) is 0 Å². The number of furan rings is 1. The minimum Gasteiger partial charge on any atom is -0.464 e. The molecule has 0 radical (unpaired) electrons. The number of rotatable bonds is 1. The third-order valence-corrected chi connectivity index (χ3v) is 2.39. The van der Waals surface area contributed by atoms with Gasteiger partial charge in [-0.3, -0.25) is 0 Å². The molecule has 0 amide bonds. The van der Waals surface area contributed by atoms with E-state index >= 15 is 0 Å². The highest BCUT2D eigenvalue weighted by Crippen LogP contribution is 2.30. The second-order valence-corrected chi connectivity index (χ2v) is 4.21. The Labute approximate surface area is 83.2 Å². The van der Waals surface area contributed by atoms with Crippen molar-refractivity contribution in [2.24, 2.45) is 0 Å². The minimum atomic E-state index is -0.847. The predicted octanol–water partition coefficient (Wildman–Crippen LogP) is 2.97. The third-order valence-electron chi connectivity index (χ3n) is 2.39. The van der Waals surface area contributed by atoms with Crippen molar-refractivity contribution in [3.63, 3.8) is 0 Å². The molecule has 74 valence electrons. The average molecular weight is 190 g/mol. The summed E-state index contributed by atoms with van der Waals surface area (Å²) in [6.45, 7) is 5.54. The van der Waals surface area contributed by atoms with Gasteiger partial charge in [-0.2, -0.15) is 0 Å². The monoisotopic (exact) mass is 190 g/mol. The number of fused-ring (bicyclic) bond motifs is 1. The standard InChI is InChI=1S/C12H14O2/c1-8-4-5-9-10(12(2,3)13)7-14-11(9)6-8/h4-7,13H,1-3H3. The zero-order valence-corrected chi connectivity index (χ0v) is 8.66. The van der Waals surface area contributed by atoms with Gasteiger partial charge in [-0.15, -0.1) is 0 Å². The minimum absolute atomic E-state index is 0.835. The largest absolute Gasteiger partial charge is 0.464 e. The first-order valence-electron chi connectivity index (χ1n) is 4.69. The van der Waals surface area contributed by atoms with Gasteiger partial charge in [-0.25, -0.2) is 0 Å². The van der Waals surface area contributed by atoms with Gasteiger partial charge in [0, 0.05) is 10.9 Å². The number of hydrogen-bond donors (Lipinski definition) is 1. The number of aryl methyl sites for hydroxylation is 1. The van der Waals surface area contributed by atoms with Gasteiger partial charge >= 0.3 is 0 Å². The zero-order chi connectivity index (χ0) is 10.3. The van der Waals surface area contributed by atoms with E-state index in [2.05, 4.69) is 0 Å². The topological polar surface area (TPSA) is 33.4 Å². The average Bonchev–Trinajstić information content (AvgIpc) is 2.45. The van der Waals surface area contributed by atoms with Crippen LogP contribution in [0, 0.1) is 6.92 Å². The summed E-state index contributed by atoms with van der Waals surface area (Å²) in [5, 5.41) is 10.9. The van der Waals surface area contributed by atoms with Crippen LogP contribution in [0.1, 0.15) is 25.0 Å². The first-order valence-corrected chi connectivity index (χ1v) is 4.69. The summed E-state index contributed by atoms with van der Waals surface area (Å²) in [6, 6.07) is 5.99. The summed E-state index contributed by atoms with van der Waals surface area (Å²) in [5.74, 6) is 0. The maximum Gasteiger partial charge on any atom is 0.134 e. The molecule has 1 aromatic heterocycles. The number of benzene rings is 1. The van der Waals surface area contributed by atoms with E-state index in [1.165, 1.54) is 0 Å². The van der Waals surface area contributed by atoms with Crippen LogP contribution in [-0.2, 0) is 5.60 Å². The summed E-state index contributed by atoms with van der Waals surface area (Å²) in [5.41, 5.74) is 1.99. The summed E-state index contributed by atoms with van der Waals surface area (Å²) in [4.78, 5) is 0. The lowest BCUT2D eigenvalue weighted by Gasteiger charge is -2.15. The lowest BCUT2D eigenvalue weighted by Crippen LogP contribution is -2.14. The molecule has 2 heteroatoms. The molecule has 1 N–H and O–H groups in total. The van der Waals surface area contributed by atoms with Crippen molar-refractivity contribution >= 4 is 11.0 Å². The smallest absolute Gasteiger partial charge is 0.134 e. The van der Waals surface area contributed by atoms with Crippen molar-refractivity contribution in [2.45, 2.75) is 26.4 Å². The Morgan fingerprint density at radius 3 is 2.64 bits per heavy atom. The van der Waals surface area contributed by atoms with E-state index < -0.39 is 5.60 Å². The number of hydrogen-bond acceptors (Lipinski definition) is 2. The van der Waals surface area contributed by atoms with Crippen molar-refractivity contribution < 1.29 is 9.52 Å². The fraction of sp³-hybridized carbons (Fsp3) is 0.333. The highest BCUT2D eigenvalue weighted by Gasteiger charge is 2.21. The van der Waals surface area contributed by atoms with Crippen LogP contribution in [0.5, 0.6) is 0 Å². The Kier molecular flexibility index (Phi) is 1.89. The van der Waals surface area contributed by atoms with E-state index in [0.717, 1.165) is 22.1 Å². The summed E-state index contributed by atoms with van der Waals surface area (Å²) < 4.78 is 5.40. The molecule has 2 rings (SSSR count). The van der Waals surface area contributed by atoms with E-state index in [1.807, 2.05) is 25.1 Å². The SMILES string of the molecule is Cc1ccc2c(C(C)(C)O)coc2c1. The van der Waals surface area contributed by atoms with Crippen molar-refractivity contribution in [2.75, 3.05) is 0 Å². The van der Waals surface area contributed by atoms with Crippen LogP contribution >= 0.6 is 0 Å². The molecule has 0 atom stereocenters. The molecule has 0 saturated carbocycles. The van der Waals surface area contributed by atoms with Gasteiger partial charge in [0.1, 0.15) is 5.58 Å².